The maximum Gasteiger partial charge on any atom is 0.244 e. The highest BCUT2D eigenvalue weighted by Crippen LogP contribution is 2.26. The Hall–Kier alpha value is -1.59. The lowest BCUT2D eigenvalue weighted by atomic mass is 10.0. The molecule has 0 atom stereocenters. The van der Waals surface area contributed by atoms with Crippen LogP contribution in [0.25, 0.3) is 0 Å². The summed E-state index contributed by atoms with van der Waals surface area (Å²) in [5.74, 6) is 0.563. The third-order valence-corrected chi connectivity index (χ3v) is 3.20. The predicted octanol–water partition coefficient (Wildman–Crippen LogP) is 1.69. The van der Waals surface area contributed by atoms with Crippen LogP contribution in [-0.4, -0.2) is 44.6 Å². The number of benzene rings is 1. The second-order valence-corrected chi connectivity index (χ2v) is 5.60. The fourth-order valence-corrected chi connectivity index (χ4v) is 1.71. The maximum atomic E-state index is 12.2. The van der Waals surface area contributed by atoms with Gasteiger partial charge >= 0.3 is 0 Å². The van der Waals surface area contributed by atoms with Gasteiger partial charge in [0.25, 0.3) is 0 Å². The largest absolute Gasteiger partial charge is 0.495 e. The molecule has 0 unspecified atom stereocenters. The topological polar surface area (TPSA) is 53.6 Å². The van der Waals surface area contributed by atoms with Crippen LogP contribution in [0, 0.1) is 0 Å². The summed E-state index contributed by atoms with van der Waals surface area (Å²) in [4.78, 5) is 14.3. The average Bonchev–Trinajstić information content (AvgIpc) is 2.38. The summed E-state index contributed by atoms with van der Waals surface area (Å²) in [6.07, 6.45) is 0. The van der Waals surface area contributed by atoms with E-state index in [1.165, 1.54) is 0 Å². The minimum absolute atomic E-state index is 0.0969. The van der Waals surface area contributed by atoms with E-state index in [9.17, 15) is 4.79 Å². The molecule has 0 bridgehead atoms. The van der Waals surface area contributed by atoms with E-state index >= 15 is 0 Å². The second-order valence-electron chi connectivity index (χ2n) is 5.60. The van der Waals surface area contributed by atoms with E-state index in [4.69, 9.17) is 4.74 Å². The number of anilines is 1. The van der Waals surface area contributed by atoms with Gasteiger partial charge in [-0.2, -0.15) is 0 Å². The van der Waals surface area contributed by atoms with Crippen LogP contribution in [0.3, 0.4) is 0 Å². The fourth-order valence-electron chi connectivity index (χ4n) is 1.71. The van der Waals surface area contributed by atoms with E-state index < -0.39 is 5.54 Å². The number of hydrogen-bond donors (Lipinski definition) is 2. The van der Waals surface area contributed by atoms with Gasteiger partial charge < -0.3 is 20.3 Å². The van der Waals surface area contributed by atoms with Crippen molar-refractivity contribution in [2.45, 2.75) is 25.9 Å². The Labute approximate surface area is 121 Å². The van der Waals surface area contributed by atoms with Gasteiger partial charge in [0.1, 0.15) is 5.75 Å². The molecule has 0 aliphatic rings. The van der Waals surface area contributed by atoms with Crippen LogP contribution in [0.5, 0.6) is 5.75 Å². The molecule has 2 N–H and O–H groups in total. The molecular formula is C15H25N3O2. The molecule has 0 saturated carbocycles. The molecule has 5 nitrogen and oxygen atoms in total. The molecule has 0 saturated heterocycles. The van der Waals surface area contributed by atoms with Crippen molar-refractivity contribution in [1.82, 2.24) is 10.2 Å². The molecule has 1 aromatic rings. The van der Waals surface area contributed by atoms with Gasteiger partial charge in [-0.05, 0) is 52.7 Å². The van der Waals surface area contributed by atoms with Gasteiger partial charge in [0.05, 0.1) is 18.3 Å². The highest BCUT2D eigenvalue weighted by Gasteiger charge is 2.26. The van der Waals surface area contributed by atoms with Crippen molar-refractivity contribution < 1.29 is 9.53 Å². The molecule has 5 heteroatoms. The number of methoxy groups -OCH3 is 1. The molecule has 112 valence electrons. The summed E-state index contributed by atoms with van der Waals surface area (Å²) in [5, 5.41) is 5.91. The first-order chi connectivity index (χ1) is 9.30. The van der Waals surface area contributed by atoms with Gasteiger partial charge in [-0.3, -0.25) is 4.79 Å². The van der Waals surface area contributed by atoms with E-state index in [0.29, 0.717) is 11.4 Å². The minimum Gasteiger partial charge on any atom is -0.495 e. The SMILES string of the molecule is CNC(C)(C)C(=O)Nc1cc(CN(C)C)ccc1OC. The predicted molar refractivity (Wildman–Crippen MR) is 82.2 cm³/mol. The Morgan fingerprint density at radius 3 is 2.50 bits per heavy atom. The number of carbonyl (C=O) groups excluding carboxylic acids is 1. The number of ether oxygens (including phenoxy) is 1. The lowest BCUT2D eigenvalue weighted by Gasteiger charge is -2.23. The van der Waals surface area contributed by atoms with Crippen LogP contribution in [0.1, 0.15) is 19.4 Å². The third kappa shape index (κ3) is 4.21. The molecule has 0 aliphatic carbocycles. The Morgan fingerprint density at radius 2 is 2.00 bits per heavy atom. The highest BCUT2D eigenvalue weighted by molar-refractivity contribution is 5.98. The van der Waals surface area contributed by atoms with Crippen molar-refractivity contribution in [2.75, 3.05) is 33.6 Å². The Bertz CT molecular complexity index is 470. The van der Waals surface area contributed by atoms with Crippen molar-refractivity contribution in [1.29, 1.82) is 0 Å². The van der Waals surface area contributed by atoms with Crippen molar-refractivity contribution >= 4 is 11.6 Å². The fraction of sp³-hybridized carbons (Fsp3) is 0.533. The molecule has 0 spiro atoms. The molecule has 1 rings (SSSR count). The quantitative estimate of drug-likeness (QED) is 0.832. The maximum absolute atomic E-state index is 12.2. The molecule has 0 radical (unpaired) electrons. The normalized spacial score (nSPS) is 11.6. The van der Waals surface area contributed by atoms with E-state index in [1.807, 2.05) is 46.1 Å². The molecular weight excluding hydrogens is 254 g/mol. The van der Waals surface area contributed by atoms with E-state index in [-0.39, 0.29) is 5.91 Å². The molecule has 0 fully saturated rings. The number of likely N-dealkylation sites (N-methyl/N-ethyl adjacent to an activating group) is 1. The zero-order valence-electron chi connectivity index (χ0n) is 13.2. The van der Waals surface area contributed by atoms with Crippen molar-refractivity contribution in [3.63, 3.8) is 0 Å². The lowest BCUT2D eigenvalue weighted by Crippen LogP contribution is -2.47. The Balaban J connectivity index is 2.99. The van der Waals surface area contributed by atoms with Gasteiger partial charge in [-0.25, -0.2) is 0 Å². The van der Waals surface area contributed by atoms with E-state index in [1.54, 1.807) is 14.2 Å². The van der Waals surface area contributed by atoms with Gasteiger partial charge in [0, 0.05) is 6.54 Å². The van der Waals surface area contributed by atoms with E-state index in [0.717, 1.165) is 12.1 Å². The molecule has 0 heterocycles. The zero-order valence-corrected chi connectivity index (χ0v) is 13.2. The highest BCUT2D eigenvalue weighted by atomic mass is 16.5. The van der Waals surface area contributed by atoms with Gasteiger partial charge in [0.2, 0.25) is 5.91 Å². The number of nitrogens with one attached hydrogen (secondary N) is 2. The number of hydrogen-bond acceptors (Lipinski definition) is 4. The third-order valence-electron chi connectivity index (χ3n) is 3.20. The first-order valence-electron chi connectivity index (χ1n) is 6.62. The minimum atomic E-state index is -0.636. The molecule has 0 aliphatic heterocycles. The Kier molecular flexibility index (Phi) is 5.53. The first-order valence-corrected chi connectivity index (χ1v) is 6.62. The summed E-state index contributed by atoms with van der Waals surface area (Å²) in [6.45, 7) is 4.47. The monoisotopic (exact) mass is 279 g/mol. The summed E-state index contributed by atoms with van der Waals surface area (Å²) in [7, 11) is 7.37. The molecule has 20 heavy (non-hydrogen) atoms. The van der Waals surface area contributed by atoms with Crippen LogP contribution in [0.4, 0.5) is 5.69 Å². The number of amides is 1. The van der Waals surface area contributed by atoms with Crippen LogP contribution in [-0.2, 0) is 11.3 Å². The van der Waals surface area contributed by atoms with Crippen molar-refractivity contribution in [3.05, 3.63) is 23.8 Å². The smallest absolute Gasteiger partial charge is 0.244 e. The summed E-state index contributed by atoms with van der Waals surface area (Å²) < 4.78 is 5.30. The second kappa shape index (κ2) is 6.72. The number of rotatable bonds is 6. The average molecular weight is 279 g/mol. The summed E-state index contributed by atoms with van der Waals surface area (Å²) in [5.41, 5.74) is 1.18. The van der Waals surface area contributed by atoms with Crippen LogP contribution < -0.4 is 15.4 Å². The van der Waals surface area contributed by atoms with Crippen LogP contribution >= 0.6 is 0 Å². The number of carbonyl (C=O) groups is 1. The van der Waals surface area contributed by atoms with Gasteiger partial charge in [-0.1, -0.05) is 6.07 Å². The van der Waals surface area contributed by atoms with E-state index in [2.05, 4.69) is 15.5 Å². The first kappa shape index (κ1) is 16.5. The van der Waals surface area contributed by atoms with Crippen molar-refractivity contribution in [2.24, 2.45) is 0 Å². The van der Waals surface area contributed by atoms with Crippen molar-refractivity contribution in [3.8, 4) is 5.75 Å². The van der Waals surface area contributed by atoms with Crippen LogP contribution in [0.15, 0.2) is 18.2 Å². The summed E-state index contributed by atoms with van der Waals surface area (Å²) in [6, 6.07) is 5.82. The summed E-state index contributed by atoms with van der Waals surface area (Å²) >= 11 is 0. The molecule has 1 amide bonds. The number of nitrogens with zero attached hydrogens (tertiary/aromatic N) is 1. The lowest BCUT2D eigenvalue weighted by molar-refractivity contribution is -0.121. The Morgan fingerprint density at radius 1 is 1.35 bits per heavy atom. The molecule has 0 aromatic heterocycles. The molecule has 1 aromatic carbocycles. The standard InChI is InChI=1S/C15H25N3O2/c1-15(2,16-3)14(19)17-12-9-11(10-18(4)5)7-8-13(12)20-6/h7-9,16H,10H2,1-6H3,(H,17,19). The van der Waals surface area contributed by atoms with Gasteiger partial charge in [0.15, 0.2) is 0 Å². The zero-order chi connectivity index (χ0) is 15.3. The van der Waals surface area contributed by atoms with Crippen LogP contribution in [0.2, 0.25) is 0 Å². The van der Waals surface area contributed by atoms with Gasteiger partial charge in [-0.15, -0.1) is 0 Å².